The van der Waals surface area contributed by atoms with Crippen LogP contribution in [-0.2, 0) is 9.53 Å². The molecule has 21 heavy (non-hydrogen) atoms. The van der Waals surface area contributed by atoms with Gasteiger partial charge >= 0.3 is 0 Å². The highest BCUT2D eigenvalue weighted by molar-refractivity contribution is 9.10. The molecule has 0 aliphatic carbocycles. The molecule has 2 heterocycles. The summed E-state index contributed by atoms with van der Waals surface area (Å²) in [5, 5.41) is 2.96. The smallest absolute Gasteiger partial charge is 0.270 e. The Balaban J connectivity index is 1.83. The lowest BCUT2D eigenvalue weighted by Crippen LogP contribution is -2.47. The summed E-state index contributed by atoms with van der Waals surface area (Å²) in [4.78, 5) is 29.7. The molecule has 1 aliphatic rings. The van der Waals surface area contributed by atoms with Crippen LogP contribution in [0.1, 0.15) is 23.3 Å². The van der Waals surface area contributed by atoms with Gasteiger partial charge in [0.15, 0.2) is 0 Å². The monoisotopic (exact) mass is 355 g/mol. The minimum Gasteiger partial charge on any atom is -0.375 e. The number of nitrogens with zero attached hydrogens (tertiary/aromatic N) is 2. The lowest BCUT2D eigenvalue weighted by atomic mass is 10.0. The van der Waals surface area contributed by atoms with Crippen molar-refractivity contribution in [3.8, 4) is 0 Å². The van der Waals surface area contributed by atoms with Crippen LogP contribution < -0.4 is 5.32 Å². The number of methoxy groups -OCH3 is 1. The normalized spacial score (nSPS) is 15.8. The zero-order valence-electron chi connectivity index (χ0n) is 11.8. The van der Waals surface area contributed by atoms with E-state index in [1.54, 1.807) is 23.1 Å². The number of pyridine rings is 1. The van der Waals surface area contributed by atoms with Crippen LogP contribution in [0.5, 0.6) is 0 Å². The minimum absolute atomic E-state index is 0.00377. The fourth-order valence-electron chi connectivity index (χ4n) is 2.28. The van der Waals surface area contributed by atoms with Crippen LogP contribution in [0.3, 0.4) is 0 Å². The van der Waals surface area contributed by atoms with Gasteiger partial charge in [0.05, 0.1) is 0 Å². The van der Waals surface area contributed by atoms with E-state index in [0.717, 1.165) is 12.8 Å². The second-order valence-corrected chi connectivity index (χ2v) is 5.72. The summed E-state index contributed by atoms with van der Waals surface area (Å²) in [6.45, 7) is 1.39. The fraction of sp³-hybridized carbons (Fsp3) is 0.500. The molecule has 2 rings (SSSR count). The molecule has 2 amide bonds. The highest BCUT2D eigenvalue weighted by Crippen LogP contribution is 2.12. The van der Waals surface area contributed by atoms with E-state index in [9.17, 15) is 9.59 Å². The third-order valence-electron chi connectivity index (χ3n) is 3.40. The lowest BCUT2D eigenvalue weighted by Gasteiger charge is -2.32. The van der Waals surface area contributed by atoms with Crippen LogP contribution in [0.25, 0.3) is 0 Å². The molecule has 1 aliphatic heterocycles. The number of hydrogen-bond donors (Lipinski definition) is 1. The summed E-state index contributed by atoms with van der Waals surface area (Å²) in [5.41, 5.74) is 0.391. The van der Waals surface area contributed by atoms with Crippen LogP contribution in [0, 0.1) is 0 Å². The number of rotatable bonds is 4. The Labute approximate surface area is 132 Å². The van der Waals surface area contributed by atoms with E-state index in [4.69, 9.17) is 4.74 Å². The van der Waals surface area contributed by atoms with Gasteiger partial charge < -0.3 is 15.0 Å². The van der Waals surface area contributed by atoms with Gasteiger partial charge in [0, 0.05) is 26.2 Å². The third kappa shape index (κ3) is 4.50. The first kappa shape index (κ1) is 15.9. The molecule has 1 fully saturated rings. The number of aromatic nitrogens is 1. The van der Waals surface area contributed by atoms with Gasteiger partial charge in [0.2, 0.25) is 5.91 Å². The second-order valence-electron chi connectivity index (χ2n) is 4.91. The molecule has 0 saturated carbocycles. The van der Waals surface area contributed by atoms with Gasteiger partial charge in [-0.2, -0.15) is 0 Å². The molecule has 7 heteroatoms. The molecule has 0 bridgehead atoms. The van der Waals surface area contributed by atoms with E-state index in [1.165, 1.54) is 7.11 Å². The quantitative estimate of drug-likeness (QED) is 0.824. The molecule has 0 aromatic carbocycles. The van der Waals surface area contributed by atoms with Crippen molar-refractivity contribution in [2.45, 2.75) is 18.9 Å². The van der Waals surface area contributed by atoms with E-state index in [0.29, 0.717) is 23.4 Å². The van der Waals surface area contributed by atoms with E-state index in [1.807, 2.05) is 0 Å². The minimum atomic E-state index is -0.182. The van der Waals surface area contributed by atoms with E-state index >= 15 is 0 Å². The molecular weight excluding hydrogens is 338 g/mol. The molecule has 1 saturated heterocycles. The third-order valence-corrected chi connectivity index (χ3v) is 3.84. The molecule has 114 valence electrons. The van der Waals surface area contributed by atoms with E-state index < -0.39 is 0 Å². The summed E-state index contributed by atoms with van der Waals surface area (Å²) >= 11 is 3.25. The van der Waals surface area contributed by atoms with Crippen molar-refractivity contribution in [1.29, 1.82) is 0 Å². The Morgan fingerprint density at radius 3 is 2.76 bits per heavy atom. The van der Waals surface area contributed by atoms with Crippen molar-refractivity contribution in [2.75, 3.05) is 26.8 Å². The van der Waals surface area contributed by atoms with Gasteiger partial charge in [-0.25, -0.2) is 4.98 Å². The van der Waals surface area contributed by atoms with Crippen LogP contribution in [0.4, 0.5) is 0 Å². The first-order valence-corrected chi connectivity index (χ1v) is 7.59. The lowest BCUT2D eigenvalue weighted by molar-refractivity contribution is -0.136. The maximum Gasteiger partial charge on any atom is 0.270 e. The van der Waals surface area contributed by atoms with Crippen molar-refractivity contribution in [1.82, 2.24) is 15.2 Å². The molecule has 6 nitrogen and oxygen atoms in total. The van der Waals surface area contributed by atoms with Crippen molar-refractivity contribution in [3.63, 3.8) is 0 Å². The van der Waals surface area contributed by atoms with Gasteiger partial charge in [-0.3, -0.25) is 9.59 Å². The number of piperidine rings is 1. The van der Waals surface area contributed by atoms with Crippen molar-refractivity contribution in [3.05, 3.63) is 28.5 Å². The second kappa shape index (κ2) is 7.51. The van der Waals surface area contributed by atoms with Crippen LogP contribution in [0.15, 0.2) is 22.8 Å². The zero-order chi connectivity index (χ0) is 15.2. The molecule has 1 aromatic heterocycles. The number of carbonyl (C=O) groups is 2. The molecule has 1 N–H and O–H groups in total. The Morgan fingerprint density at radius 2 is 2.14 bits per heavy atom. The number of amides is 2. The maximum atomic E-state index is 12.1. The summed E-state index contributed by atoms with van der Waals surface area (Å²) in [5.74, 6) is -0.186. The summed E-state index contributed by atoms with van der Waals surface area (Å²) < 4.78 is 5.48. The topological polar surface area (TPSA) is 71.5 Å². The summed E-state index contributed by atoms with van der Waals surface area (Å²) in [6.07, 6.45) is 1.49. The largest absolute Gasteiger partial charge is 0.375 e. The Morgan fingerprint density at radius 1 is 1.43 bits per heavy atom. The highest BCUT2D eigenvalue weighted by Gasteiger charge is 2.24. The van der Waals surface area contributed by atoms with Gasteiger partial charge in [-0.05, 0) is 40.9 Å². The average molecular weight is 356 g/mol. The van der Waals surface area contributed by atoms with Crippen LogP contribution in [0.2, 0.25) is 0 Å². The summed E-state index contributed by atoms with van der Waals surface area (Å²) in [6, 6.07) is 5.30. The molecule has 1 aromatic rings. The number of carbonyl (C=O) groups excluding carboxylic acids is 2. The number of nitrogens with one attached hydrogen (secondary N) is 1. The molecule has 0 spiro atoms. The SMILES string of the molecule is COCC(=O)N1CCC(NC(=O)c2cccc(Br)n2)CC1. The number of ether oxygens (including phenoxy) is 1. The van der Waals surface area contributed by atoms with Crippen LogP contribution in [-0.4, -0.2) is 54.5 Å². The molecule has 0 radical (unpaired) electrons. The van der Waals surface area contributed by atoms with Crippen molar-refractivity contribution < 1.29 is 14.3 Å². The molecule has 0 unspecified atom stereocenters. The van der Waals surface area contributed by atoms with Gasteiger partial charge in [-0.15, -0.1) is 0 Å². The van der Waals surface area contributed by atoms with Gasteiger partial charge in [-0.1, -0.05) is 6.07 Å². The Bertz CT molecular complexity index is 516. The van der Waals surface area contributed by atoms with Crippen molar-refractivity contribution >= 4 is 27.7 Å². The van der Waals surface area contributed by atoms with Crippen LogP contribution >= 0.6 is 15.9 Å². The Hall–Kier alpha value is -1.47. The highest BCUT2D eigenvalue weighted by atomic mass is 79.9. The summed E-state index contributed by atoms with van der Waals surface area (Å²) in [7, 11) is 1.51. The zero-order valence-corrected chi connectivity index (χ0v) is 13.4. The Kier molecular flexibility index (Phi) is 5.69. The molecule has 0 atom stereocenters. The van der Waals surface area contributed by atoms with E-state index in [-0.39, 0.29) is 24.5 Å². The van der Waals surface area contributed by atoms with Crippen molar-refractivity contribution in [2.24, 2.45) is 0 Å². The molecular formula is C14H18BrN3O3. The maximum absolute atomic E-state index is 12.1. The first-order chi connectivity index (χ1) is 10.1. The average Bonchev–Trinajstić information content (AvgIpc) is 2.48. The van der Waals surface area contributed by atoms with Gasteiger partial charge in [0.25, 0.3) is 5.91 Å². The predicted octanol–water partition coefficient (Wildman–Crippen LogP) is 1.21. The van der Waals surface area contributed by atoms with Gasteiger partial charge in [0.1, 0.15) is 16.9 Å². The van der Waals surface area contributed by atoms with E-state index in [2.05, 4.69) is 26.2 Å². The number of halogens is 1. The fourth-order valence-corrected chi connectivity index (χ4v) is 2.63. The number of hydrogen-bond acceptors (Lipinski definition) is 4. The number of likely N-dealkylation sites (tertiary alicyclic amines) is 1. The first-order valence-electron chi connectivity index (χ1n) is 6.80. The predicted molar refractivity (Wildman–Crippen MR) is 80.9 cm³/mol. The standard InChI is InChI=1S/C14H18BrN3O3/c1-21-9-13(19)18-7-5-10(6-8-18)16-14(20)11-3-2-4-12(15)17-11/h2-4,10H,5-9H2,1H3,(H,16,20).